The SMILES string of the molecule is N#CC1=C(N)N(CC=O)N(N2CCN(c3ccc(F)cc3)CC2)C1. The van der Waals surface area contributed by atoms with Crippen molar-refractivity contribution < 1.29 is 9.18 Å². The highest BCUT2D eigenvalue weighted by atomic mass is 19.1. The van der Waals surface area contributed by atoms with Gasteiger partial charge in [-0.25, -0.2) is 9.40 Å². The highest BCUT2D eigenvalue weighted by molar-refractivity contribution is 5.53. The van der Waals surface area contributed by atoms with Crippen LogP contribution in [0.25, 0.3) is 0 Å². The van der Waals surface area contributed by atoms with Crippen molar-refractivity contribution in [3.8, 4) is 6.07 Å². The lowest BCUT2D eigenvalue weighted by Crippen LogP contribution is -2.58. The first-order chi connectivity index (χ1) is 11.6. The van der Waals surface area contributed by atoms with Crippen molar-refractivity contribution in [3.05, 3.63) is 41.5 Å². The van der Waals surface area contributed by atoms with Crippen molar-refractivity contribution in [1.82, 2.24) is 15.1 Å². The van der Waals surface area contributed by atoms with Gasteiger partial charge in [-0.2, -0.15) is 5.26 Å². The van der Waals surface area contributed by atoms with E-state index < -0.39 is 0 Å². The van der Waals surface area contributed by atoms with Gasteiger partial charge in [-0.3, -0.25) is 5.01 Å². The molecule has 0 saturated carbocycles. The van der Waals surface area contributed by atoms with Crippen LogP contribution < -0.4 is 10.6 Å². The molecule has 24 heavy (non-hydrogen) atoms. The van der Waals surface area contributed by atoms with Crippen LogP contribution in [0.15, 0.2) is 35.7 Å². The Morgan fingerprint density at radius 3 is 2.46 bits per heavy atom. The maximum absolute atomic E-state index is 13.0. The highest BCUT2D eigenvalue weighted by Gasteiger charge is 2.34. The van der Waals surface area contributed by atoms with Crippen LogP contribution in [0.1, 0.15) is 0 Å². The van der Waals surface area contributed by atoms with Gasteiger partial charge in [0.05, 0.1) is 18.7 Å². The van der Waals surface area contributed by atoms with E-state index in [0.29, 0.717) is 17.9 Å². The summed E-state index contributed by atoms with van der Waals surface area (Å²) in [6.07, 6.45) is 0.773. The predicted molar refractivity (Wildman–Crippen MR) is 86.5 cm³/mol. The van der Waals surface area contributed by atoms with Gasteiger partial charge >= 0.3 is 0 Å². The normalized spacial score (nSPS) is 19.7. The Morgan fingerprint density at radius 2 is 1.88 bits per heavy atom. The molecule has 2 aliphatic rings. The van der Waals surface area contributed by atoms with Crippen molar-refractivity contribution in [3.63, 3.8) is 0 Å². The summed E-state index contributed by atoms with van der Waals surface area (Å²) in [4.78, 5) is 13.1. The summed E-state index contributed by atoms with van der Waals surface area (Å²) in [5.41, 5.74) is 7.41. The number of carbonyl (C=O) groups is 1. The second-order valence-corrected chi connectivity index (χ2v) is 5.67. The number of nitrogens with two attached hydrogens (primary N) is 1. The van der Waals surface area contributed by atoms with Gasteiger partial charge in [0, 0.05) is 31.9 Å². The van der Waals surface area contributed by atoms with E-state index in [1.165, 1.54) is 12.1 Å². The molecule has 0 aliphatic carbocycles. The van der Waals surface area contributed by atoms with E-state index in [9.17, 15) is 9.18 Å². The molecule has 0 spiro atoms. The minimum absolute atomic E-state index is 0.120. The topological polar surface area (TPSA) is 79.8 Å². The van der Waals surface area contributed by atoms with Crippen molar-refractivity contribution >= 4 is 12.0 Å². The molecule has 126 valence electrons. The lowest BCUT2D eigenvalue weighted by Gasteiger charge is -2.43. The maximum atomic E-state index is 13.0. The lowest BCUT2D eigenvalue weighted by atomic mass is 10.2. The number of piperazine rings is 1. The Labute approximate surface area is 139 Å². The number of nitriles is 1. The third kappa shape index (κ3) is 3.04. The number of carbonyl (C=O) groups excluding carboxylic acids is 1. The van der Waals surface area contributed by atoms with Crippen LogP contribution in [-0.2, 0) is 4.79 Å². The van der Waals surface area contributed by atoms with Crippen LogP contribution in [0.5, 0.6) is 0 Å². The summed E-state index contributed by atoms with van der Waals surface area (Å²) in [5.74, 6) is 0.0927. The molecule has 8 heteroatoms. The quantitative estimate of drug-likeness (QED) is 0.795. The van der Waals surface area contributed by atoms with Gasteiger partial charge in [0.2, 0.25) is 0 Å². The first kappa shape index (κ1) is 16.2. The number of halogens is 1. The molecule has 0 bridgehead atoms. The molecular formula is C16H19FN6O. The van der Waals surface area contributed by atoms with Gasteiger partial charge in [-0.15, -0.1) is 5.12 Å². The summed E-state index contributed by atoms with van der Waals surface area (Å²) < 4.78 is 13.0. The Bertz CT molecular complexity index is 675. The van der Waals surface area contributed by atoms with Crippen LogP contribution in [0, 0.1) is 17.1 Å². The Balaban J connectivity index is 1.65. The van der Waals surface area contributed by atoms with Gasteiger partial charge < -0.3 is 15.4 Å². The van der Waals surface area contributed by atoms with E-state index in [-0.39, 0.29) is 12.4 Å². The Hall–Kier alpha value is -2.63. The fourth-order valence-corrected chi connectivity index (χ4v) is 3.03. The molecular weight excluding hydrogens is 311 g/mol. The Kier molecular flexibility index (Phi) is 4.64. The van der Waals surface area contributed by atoms with Crippen LogP contribution in [0.3, 0.4) is 0 Å². The third-order valence-electron chi connectivity index (χ3n) is 4.32. The second-order valence-electron chi connectivity index (χ2n) is 5.67. The molecule has 1 saturated heterocycles. The van der Waals surface area contributed by atoms with Crippen LogP contribution in [0.2, 0.25) is 0 Å². The smallest absolute Gasteiger partial charge is 0.141 e. The molecule has 0 aromatic heterocycles. The monoisotopic (exact) mass is 330 g/mol. The highest BCUT2D eigenvalue weighted by Crippen LogP contribution is 2.23. The van der Waals surface area contributed by atoms with E-state index in [1.807, 2.05) is 5.12 Å². The molecule has 1 aromatic carbocycles. The first-order valence-corrected chi connectivity index (χ1v) is 7.76. The molecule has 3 rings (SSSR count). The molecule has 0 unspecified atom stereocenters. The maximum Gasteiger partial charge on any atom is 0.141 e. The standard InChI is InChI=1S/C16H19FN6O/c17-14-1-3-15(4-2-14)20-5-7-21(8-6-20)23-12-13(11-18)16(19)22(23)9-10-24/h1-4,10H,5-9,12,19H2. The summed E-state index contributed by atoms with van der Waals surface area (Å²) in [6, 6.07) is 8.55. The van der Waals surface area contributed by atoms with Crippen molar-refractivity contribution in [2.24, 2.45) is 5.73 Å². The number of rotatable bonds is 4. The second kappa shape index (κ2) is 6.86. The summed E-state index contributed by atoms with van der Waals surface area (Å²) in [7, 11) is 0. The first-order valence-electron chi connectivity index (χ1n) is 7.76. The van der Waals surface area contributed by atoms with Gasteiger partial charge in [-0.05, 0) is 24.3 Å². The number of aldehydes is 1. The predicted octanol–water partition coefficient (Wildman–Crippen LogP) is 0.288. The largest absolute Gasteiger partial charge is 0.383 e. The molecule has 1 fully saturated rings. The summed E-state index contributed by atoms with van der Waals surface area (Å²) in [5, 5.41) is 14.8. The van der Waals surface area contributed by atoms with Crippen molar-refractivity contribution in [2.75, 3.05) is 44.2 Å². The molecule has 7 nitrogen and oxygen atoms in total. The number of nitrogens with zero attached hydrogens (tertiary/aromatic N) is 5. The van der Waals surface area contributed by atoms with E-state index >= 15 is 0 Å². The van der Waals surface area contributed by atoms with Crippen molar-refractivity contribution in [1.29, 1.82) is 5.26 Å². The zero-order valence-electron chi connectivity index (χ0n) is 13.2. The Morgan fingerprint density at radius 1 is 1.21 bits per heavy atom. The van der Waals surface area contributed by atoms with E-state index in [1.54, 1.807) is 17.1 Å². The van der Waals surface area contributed by atoms with E-state index in [0.717, 1.165) is 38.2 Å². The molecule has 0 atom stereocenters. The molecule has 1 aromatic rings. The molecule has 0 radical (unpaired) electrons. The van der Waals surface area contributed by atoms with Gasteiger partial charge in [-0.1, -0.05) is 0 Å². The summed E-state index contributed by atoms with van der Waals surface area (Å²) in [6.45, 7) is 3.47. The average molecular weight is 330 g/mol. The van der Waals surface area contributed by atoms with Crippen molar-refractivity contribution in [2.45, 2.75) is 0 Å². The lowest BCUT2D eigenvalue weighted by molar-refractivity contribution is -0.154. The molecule has 2 aliphatic heterocycles. The zero-order chi connectivity index (χ0) is 17.1. The van der Waals surface area contributed by atoms with Crippen LogP contribution >= 0.6 is 0 Å². The van der Waals surface area contributed by atoms with Gasteiger partial charge in [0.25, 0.3) is 0 Å². The van der Waals surface area contributed by atoms with E-state index in [4.69, 9.17) is 11.0 Å². The van der Waals surface area contributed by atoms with Gasteiger partial charge in [0.1, 0.15) is 24.0 Å². The van der Waals surface area contributed by atoms with Gasteiger partial charge in [0.15, 0.2) is 0 Å². The fraction of sp³-hybridized carbons (Fsp3) is 0.375. The third-order valence-corrected chi connectivity index (χ3v) is 4.32. The number of benzene rings is 1. The molecule has 0 amide bonds. The number of hydrogen-bond acceptors (Lipinski definition) is 7. The minimum Gasteiger partial charge on any atom is -0.383 e. The zero-order valence-corrected chi connectivity index (χ0v) is 13.2. The molecule has 2 N–H and O–H groups in total. The average Bonchev–Trinajstić information content (AvgIpc) is 2.92. The number of hydrogen-bond donors (Lipinski definition) is 1. The van der Waals surface area contributed by atoms with Crippen LogP contribution in [0.4, 0.5) is 10.1 Å². The van der Waals surface area contributed by atoms with E-state index in [2.05, 4.69) is 16.0 Å². The minimum atomic E-state index is -0.246. The van der Waals surface area contributed by atoms with Crippen LogP contribution in [-0.4, -0.2) is 60.7 Å². The number of hydrazine groups is 2. The number of anilines is 1. The fourth-order valence-electron chi connectivity index (χ4n) is 3.03. The molecule has 2 heterocycles. The summed E-state index contributed by atoms with van der Waals surface area (Å²) >= 11 is 0.